The molecule has 0 radical (unpaired) electrons. The summed E-state index contributed by atoms with van der Waals surface area (Å²) in [6, 6.07) is 1.23. The number of aliphatic hydroxyl groups is 2. The summed E-state index contributed by atoms with van der Waals surface area (Å²) in [6.07, 6.45) is 0. The average molecular weight is 337 g/mol. The Hall–Kier alpha value is 0.0600. The van der Waals surface area contributed by atoms with Gasteiger partial charge in [-0.2, -0.15) is 0 Å². The quantitative estimate of drug-likeness (QED) is 0.387. The maximum Gasteiger partial charge on any atom is 0.137 e. The van der Waals surface area contributed by atoms with E-state index in [4.69, 9.17) is 61.7 Å². The number of hydrogen-bond acceptors (Lipinski definition) is 4. The lowest BCUT2D eigenvalue weighted by molar-refractivity contribution is 0.266. The molecular formula is C10H13Cl4NO3. The summed E-state index contributed by atoms with van der Waals surface area (Å²) in [4.78, 5) is 0. The number of phenolic OH excluding ortho intramolecular Hbond substituents is 1. The highest BCUT2D eigenvalue weighted by Gasteiger charge is 2.11. The van der Waals surface area contributed by atoms with Gasteiger partial charge in [0.15, 0.2) is 0 Å². The summed E-state index contributed by atoms with van der Waals surface area (Å²) in [5, 5.41) is 28.5. The fourth-order valence-corrected chi connectivity index (χ4v) is 1.63. The van der Waals surface area contributed by atoms with Crippen LogP contribution in [0.4, 0.5) is 0 Å². The van der Waals surface area contributed by atoms with Gasteiger partial charge in [-0.15, -0.1) is 0 Å². The molecule has 104 valence electrons. The first kappa shape index (κ1) is 18.1. The smallest absolute Gasteiger partial charge is 0.137 e. The average Bonchev–Trinajstić information content (AvgIpc) is 2.35. The Morgan fingerprint density at radius 1 is 0.889 bits per heavy atom. The van der Waals surface area contributed by atoms with E-state index in [9.17, 15) is 0 Å². The molecule has 0 aliphatic rings. The number of rotatable bonds is 4. The van der Waals surface area contributed by atoms with Crippen molar-refractivity contribution in [3.8, 4) is 5.75 Å². The second-order valence-corrected chi connectivity index (χ2v) is 4.56. The third-order valence-electron chi connectivity index (χ3n) is 1.66. The summed E-state index contributed by atoms with van der Waals surface area (Å²) >= 11 is 22.3. The Bertz CT molecular complexity index is 346. The van der Waals surface area contributed by atoms with Crippen molar-refractivity contribution in [3.63, 3.8) is 0 Å². The van der Waals surface area contributed by atoms with Crippen molar-refractivity contribution in [2.45, 2.75) is 0 Å². The maximum atomic E-state index is 9.05. The molecule has 0 fully saturated rings. The highest BCUT2D eigenvalue weighted by molar-refractivity contribution is 6.52. The van der Waals surface area contributed by atoms with Gasteiger partial charge in [-0.1, -0.05) is 46.4 Å². The Morgan fingerprint density at radius 3 is 1.83 bits per heavy atom. The number of halogens is 4. The first-order valence-electron chi connectivity index (χ1n) is 4.90. The molecule has 0 heterocycles. The van der Waals surface area contributed by atoms with Crippen LogP contribution in [0.25, 0.3) is 0 Å². The summed E-state index contributed by atoms with van der Waals surface area (Å²) in [5.74, 6) is -0.175. The monoisotopic (exact) mass is 335 g/mol. The molecule has 4 N–H and O–H groups in total. The molecule has 8 heteroatoms. The molecule has 1 rings (SSSR count). The first-order chi connectivity index (χ1) is 8.45. The number of nitrogens with one attached hydrogen (secondary N) is 1. The van der Waals surface area contributed by atoms with Crippen molar-refractivity contribution in [2.75, 3.05) is 26.3 Å². The highest BCUT2D eigenvalue weighted by Crippen LogP contribution is 2.41. The van der Waals surface area contributed by atoms with E-state index in [0.29, 0.717) is 13.1 Å². The molecule has 0 bridgehead atoms. The van der Waals surface area contributed by atoms with E-state index in [1.807, 2.05) is 0 Å². The number of phenols is 1. The van der Waals surface area contributed by atoms with Crippen molar-refractivity contribution in [2.24, 2.45) is 0 Å². The molecule has 0 aromatic heterocycles. The van der Waals surface area contributed by atoms with Crippen molar-refractivity contribution >= 4 is 46.4 Å². The Kier molecular flexibility index (Phi) is 9.95. The fraction of sp³-hybridized carbons (Fsp3) is 0.400. The lowest BCUT2D eigenvalue weighted by Crippen LogP contribution is -2.21. The minimum Gasteiger partial charge on any atom is -0.506 e. The normalized spacial score (nSPS) is 9.89. The van der Waals surface area contributed by atoms with E-state index >= 15 is 0 Å². The van der Waals surface area contributed by atoms with E-state index in [1.165, 1.54) is 6.07 Å². The van der Waals surface area contributed by atoms with Gasteiger partial charge in [0.2, 0.25) is 0 Å². The van der Waals surface area contributed by atoms with Gasteiger partial charge in [0.25, 0.3) is 0 Å². The molecule has 0 saturated carbocycles. The lowest BCUT2D eigenvalue weighted by Gasteiger charge is -2.02. The van der Waals surface area contributed by atoms with Gasteiger partial charge < -0.3 is 20.6 Å². The van der Waals surface area contributed by atoms with Gasteiger partial charge in [0, 0.05) is 19.2 Å². The van der Waals surface area contributed by atoms with Crippen molar-refractivity contribution in [1.29, 1.82) is 0 Å². The van der Waals surface area contributed by atoms with Crippen LogP contribution in [0.3, 0.4) is 0 Å². The number of benzene rings is 1. The molecule has 0 saturated heterocycles. The highest BCUT2D eigenvalue weighted by atomic mass is 35.5. The maximum absolute atomic E-state index is 9.05. The summed E-state index contributed by atoms with van der Waals surface area (Å²) in [5.41, 5.74) is 0. The van der Waals surface area contributed by atoms with E-state index in [-0.39, 0.29) is 39.1 Å². The molecule has 4 nitrogen and oxygen atoms in total. The standard InChI is InChI=1S/C6H2Cl4O.C4H11NO2/c7-2-1-3(11)5(9)6(10)4(2)8;6-3-1-5-2-4-7/h1,11H;5-7H,1-4H2. The Labute approximate surface area is 125 Å². The van der Waals surface area contributed by atoms with Crippen molar-refractivity contribution < 1.29 is 15.3 Å². The number of aliphatic hydroxyl groups excluding tert-OH is 2. The molecule has 1 aromatic rings. The van der Waals surface area contributed by atoms with Crippen LogP contribution in [-0.2, 0) is 0 Å². The van der Waals surface area contributed by atoms with Gasteiger partial charge in [-0.3, -0.25) is 0 Å². The Balaban J connectivity index is 0.000000360. The van der Waals surface area contributed by atoms with E-state index in [2.05, 4.69) is 5.32 Å². The number of hydrogen-bond donors (Lipinski definition) is 4. The largest absolute Gasteiger partial charge is 0.506 e. The molecule has 18 heavy (non-hydrogen) atoms. The predicted octanol–water partition coefficient (Wildman–Crippen LogP) is 2.57. The van der Waals surface area contributed by atoms with Crippen LogP contribution < -0.4 is 5.32 Å². The van der Waals surface area contributed by atoms with Crippen molar-refractivity contribution in [1.82, 2.24) is 5.32 Å². The summed E-state index contributed by atoms with van der Waals surface area (Å²) in [7, 11) is 0. The molecule has 0 spiro atoms. The van der Waals surface area contributed by atoms with E-state index < -0.39 is 0 Å². The second-order valence-electron chi connectivity index (χ2n) is 3.02. The SMILES string of the molecule is OCCNCCO.Oc1cc(Cl)c(Cl)c(Cl)c1Cl. The molecule has 1 aromatic carbocycles. The zero-order chi connectivity index (χ0) is 14.1. The molecule has 0 aliphatic carbocycles. The minimum absolute atomic E-state index is 0.0149. The fourth-order valence-electron chi connectivity index (χ4n) is 0.844. The van der Waals surface area contributed by atoms with E-state index in [0.717, 1.165) is 0 Å². The predicted molar refractivity (Wildman–Crippen MR) is 75.2 cm³/mol. The molecule has 0 aliphatic heterocycles. The molecule has 0 amide bonds. The van der Waals surface area contributed by atoms with Crippen LogP contribution in [0.15, 0.2) is 6.07 Å². The van der Waals surface area contributed by atoms with Crippen LogP contribution in [0.5, 0.6) is 5.75 Å². The van der Waals surface area contributed by atoms with Gasteiger partial charge in [0.1, 0.15) is 10.8 Å². The van der Waals surface area contributed by atoms with Gasteiger partial charge >= 0.3 is 0 Å². The van der Waals surface area contributed by atoms with Crippen LogP contribution in [0, 0.1) is 0 Å². The van der Waals surface area contributed by atoms with Crippen LogP contribution >= 0.6 is 46.4 Å². The first-order valence-corrected chi connectivity index (χ1v) is 6.41. The van der Waals surface area contributed by atoms with Crippen LogP contribution in [0.1, 0.15) is 0 Å². The van der Waals surface area contributed by atoms with Gasteiger partial charge in [-0.25, -0.2) is 0 Å². The lowest BCUT2D eigenvalue weighted by atomic mass is 10.3. The molecule has 0 atom stereocenters. The third-order valence-corrected chi connectivity index (χ3v) is 3.40. The Morgan fingerprint density at radius 2 is 1.39 bits per heavy atom. The van der Waals surface area contributed by atoms with Gasteiger partial charge in [0.05, 0.1) is 28.3 Å². The van der Waals surface area contributed by atoms with E-state index in [1.54, 1.807) is 0 Å². The third kappa shape index (κ3) is 6.29. The van der Waals surface area contributed by atoms with Gasteiger partial charge in [-0.05, 0) is 0 Å². The van der Waals surface area contributed by atoms with Crippen LogP contribution in [0.2, 0.25) is 20.1 Å². The molecule has 0 unspecified atom stereocenters. The number of aromatic hydroxyl groups is 1. The topological polar surface area (TPSA) is 72.7 Å². The minimum atomic E-state index is -0.175. The summed E-state index contributed by atoms with van der Waals surface area (Å²) < 4.78 is 0. The molecular weight excluding hydrogens is 324 g/mol. The van der Waals surface area contributed by atoms with Crippen molar-refractivity contribution in [3.05, 3.63) is 26.2 Å². The van der Waals surface area contributed by atoms with Crippen LogP contribution in [-0.4, -0.2) is 41.6 Å². The second kappa shape index (κ2) is 9.92. The summed E-state index contributed by atoms with van der Waals surface area (Å²) in [6.45, 7) is 1.42. The zero-order valence-corrected chi connectivity index (χ0v) is 12.3. The zero-order valence-electron chi connectivity index (χ0n) is 9.26.